The second kappa shape index (κ2) is 5.64. The first-order chi connectivity index (χ1) is 12.3. The standard InChI is InChI=1S/C20H25N3O3/c1-19(2)14-8-9-20(19,3)18(26)23(17(14)25)11-13(24)10-22-12-21-15-6-4-5-7-16(15)22/h4-7,12-14,24H,8-11H2,1-3H3/t13-,14-,20-/m1/s1. The summed E-state index contributed by atoms with van der Waals surface area (Å²) in [6, 6.07) is 7.69. The topological polar surface area (TPSA) is 75.4 Å². The molecular weight excluding hydrogens is 330 g/mol. The highest BCUT2D eigenvalue weighted by molar-refractivity contribution is 6.03. The minimum absolute atomic E-state index is 0.0341. The molecule has 1 saturated heterocycles. The molecule has 6 heteroatoms. The van der Waals surface area contributed by atoms with Gasteiger partial charge in [0.15, 0.2) is 0 Å². The van der Waals surface area contributed by atoms with Crippen molar-refractivity contribution in [3.63, 3.8) is 0 Å². The van der Waals surface area contributed by atoms with Crippen LogP contribution >= 0.6 is 0 Å². The molecule has 26 heavy (non-hydrogen) atoms. The number of imide groups is 1. The second-order valence-corrected chi connectivity index (χ2v) is 8.44. The number of para-hydroxylation sites is 2. The number of benzene rings is 1. The molecule has 1 saturated carbocycles. The van der Waals surface area contributed by atoms with Crippen molar-refractivity contribution in [3.8, 4) is 0 Å². The summed E-state index contributed by atoms with van der Waals surface area (Å²) in [5.41, 5.74) is 0.920. The number of imidazole rings is 1. The maximum absolute atomic E-state index is 13.1. The van der Waals surface area contributed by atoms with Crippen molar-refractivity contribution in [2.75, 3.05) is 6.54 Å². The number of fused-ring (bicyclic) bond motifs is 3. The number of likely N-dealkylation sites (tertiary alicyclic amines) is 1. The van der Waals surface area contributed by atoms with E-state index >= 15 is 0 Å². The summed E-state index contributed by atoms with van der Waals surface area (Å²) in [4.78, 5) is 31.5. The van der Waals surface area contributed by atoms with Crippen LogP contribution in [0.4, 0.5) is 0 Å². The SMILES string of the molecule is CC1(C)[C@@H]2CC[C@]1(C)C(=O)N(C[C@H](O)Cn1cnc3ccccc31)C2=O. The van der Waals surface area contributed by atoms with Crippen LogP contribution in [0.1, 0.15) is 33.6 Å². The van der Waals surface area contributed by atoms with E-state index in [1.807, 2.05) is 49.6 Å². The predicted octanol–water partition coefficient (Wildman–Crippen LogP) is 2.21. The molecule has 2 bridgehead atoms. The number of aliphatic hydroxyl groups is 1. The number of carbonyl (C=O) groups is 2. The number of β-amino-alcohol motifs (C(OH)–C–C–N with tert-alkyl or cyclic N) is 1. The fourth-order valence-corrected chi connectivity index (χ4v) is 4.73. The normalized spacial score (nSPS) is 28.8. The van der Waals surface area contributed by atoms with E-state index in [-0.39, 0.29) is 29.7 Å². The Hall–Kier alpha value is -2.21. The third kappa shape index (κ3) is 2.24. The minimum Gasteiger partial charge on any atom is -0.389 e. The third-order valence-corrected chi connectivity index (χ3v) is 6.84. The van der Waals surface area contributed by atoms with Gasteiger partial charge in [0.2, 0.25) is 11.8 Å². The Morgan fingerprint density at radius 3 is 2.73 bits per heavy atom. The average molecular weight is 355 g/mol. The number of carbonyl (C=O) groups excluding carboxylic acids is 2. The Morgan fingerprint density at radius 2 is 1.96 bits per heavy atom. The molecule has 1 N–H and O–H groups in total. The molecule has 1 aromatic carbocycles. The quantitative estimate of drug-likeness (QED) is 0.853. The van der Waals surface area contributed by atoms with E-state index in [1.165, 1.54) is 4.90 Å². The molecule has 6 nitrogen and oxygen atoms in total. The number of aliphatic hydroxyl groups excluding tert-OH is 1. The summed E-state index contributed by atoms with van der Waals surface area (Å²) in [7, 11) is 0. The Morgan fingerprint density at radius 1 is 1.23 bits per heavy atom. The van der Waals surface area contributed by atoms with E-state index < -0.39 is 11.5 Å². The summed E-state index contributed by atoms with van der Waals surface area (Å²) < 4.78 is 1.86. The highest BCUT2D eigenvalue weighted by Gasteiger charge is 2.64. The molecule has 2 aliphatic rings. The van der Waals surface area contributed by atoms with E-state index in [4.69, 9.17) is 0 Å². The lowest BCUT2D eigenvalue weighted by Crippen LogP contribution is -2.60. The fourth-order valence-electron chi connectivity index (χ4n) is 4.73. The molecule has 0 radical (unpaired) electrons. The summed E-state index contributed by atoms with van der Waals surface area (Å²) >= 11 is 0. The minimum atomic E-state index is -0.829. The van der Waals surface area contributed by atoms with Crippen LogP contribution in [0, 0.1) is 16.7 Å². The van der Waals surface area contributed by atoms with Gasteiger partial charge in [0.25, 0.3) is 0 Å². The van der Waals surface area contributed by atoms with E-state index in [0.29, 0.717) is 6.54 Å². The van der Waals surface area contributed by atoms with Crippen LogP contribution in [-0.2, 0) is 16.1 Å². The number of aromatic nitrogens is 2. The summed E-state index contributed by atoms with van der Waals surface area (Å²) in [5.74, 6) is -0.424. The van der Waals surface area contributed by atoms with Gasteiger partial charge in [-0.3, -0.25) is 14.5 Å². The molecule has 3 atom stereocenters. The summed E-state index contributed by atoms with van der Waals surface area (Å²) in [6.07, 6.45) is 2.33. The molecule has 4 rings (SSSR count). The summed E-state index contributed by atoms with van der Waals surface area (Å²) in [6.45, 7) is 6.33. The maximum Gasteiger partial charge on any atom is 0.235 e. The Balaban J connectivity index is 1.54. The van der Waals surface area contributed by atoms with Gasteiger partial charge in [-0.25, -0.2) is 4.98 Å². The Bertz CT molecular complexity index is 887. The fraction of sp³-hybridized carbons (Fsp3) is 0.550. The van der Waals surface area contributed by atoms with Gasteiger partial charge < -0.3 is 9.67 Å². The number of hydrogen-bond donors (Lipinski definition) is 1. The van der Waals surface area contributed by atoms with Crippen LogP contribution in [0.2, 0.25) is 0 Å². The molecule has 0 unspecified atom stereocenters. The first-order valence-corrected chi connectivity index (χ1v) is 9.19. The highest BCUT2D eigenvalue weighted by atomic mass is 16.3. The first kappa shape index (κ1) is 17.2. The Labute approximate surface area is 152 Å². The predicted molar refractivity (Wildman–Crippen MR) is 97.1 cm³/mol. The van der Waals surface area contributed by atoms with Gasteiger partial charge in [-0.05, 0) is 30.4 Å². The second-order valence-electron chi connectivity index (χ2n) is 8.44. The van der Waals surface area contributed by atoms with Gasteiger partial charge in [0, 0.05) is 5.92 Å². The van der Waals surface area contributed by atoms with Crippen LogP contribution in [0.15, 0.2) is 30.6 Å². The average Bonchev–Trinajstić information content (AvgIpc) is 3.08. The van der Waals surface area contributed by atoms with E-state index in [0.717, 1.165) is 23.9 Å². The number of nitrogens with zero attached hydrogens (tertiary/aromatic N) is 3. The van der Waals surface area contributed by atoms with Gasteiger partial charge in [0.1, 0.15) is 0 Å². The van der Waals surface area contributed by atoms with Gasteiger partial charge in [-0.1, -0.05) is 32.9 Å². The van der Waals surface area contributed by atoms with Crippen molar-refractivity contribution in [2.24, 2.45) is 16.7 Å². The van der Waals surface area contributed by atoms with Crippen molar-refractivity contribution in [2.45, 2.75) is 46.3 Å². The number of amides is 2. The van der Waals surface area contributed by atoms with Crippen LogP contribution < -0.4 is 0 Å². The lowest BCUT2D eigenvalue weighted by molar-refractivity contribution is -0.169. The Kier molecular flexibility index (Phi) is 3.74. The van der Waals surface area contributed by atoms with Gasteiger partial charge in [-0.15, -0.1) is 0 Å². The molecule has 2 heterocycles. The molecule has 1 aliphatic carbocycles. The molecule has 0 spiro atoms. The van der Waals surface area contributed by atoms with Crippen LogP contribution in [0.5, 0.6) is 0 Å². The van der Waals surface area contributed by atoms with Crippen LogP contribution in [-0.4, -0.2) is 44.0 Å². The monoisotopic (exact) mass is 355 g/mol. The van der Waals surface area contributed by atoms with Crippen LogP contribution in [0.3, 0.4) is 0 Å². The number of hydrogen-bond acceptors (Lipinski definition) is 4. The van der Waals surface area contributed by atoms with E-state index in [2.05, 4.69) is 4.98 Å². The summed E-state index contributed by atoms with van der Waals surface area (Å²) in [5, 5.41) is 10.6. The lowest BCUT2D eigenvalue weighted by Gasteiger charge is -2.48. The van der Waals surface area contributed by atoms with Crippen molar-refractivity contribution in [1.82, 2.24) is 14.5 Å². The molecule has 2 aromatic rings. The van der Waals surface area contributed by atoms with E-state index in [1.54, 1.807) is 6.33 Å². The third-order valence-electron chi connectivity index (χ3n) is 6.84. The largest absolute Gasteiger partial charge is 0.389 e. The molecule has 2 amide bonds. The zero-order chi connectivity index (χ0) is 18.7. The highest BCUT2D eigenvalue weighted by Crippen LogP contribution is 2.60. The zero-order valence-corrected chi connectivity index (χ0v) is 15.5. The maximum atomic E-state index is 13.1. The van der Waals surface area contributed by atoms with Gasteiger partial charge in [-0.2, -0.15) is 0 Å². The van der Waals surface area contributed by atoms with Gasteiger partial charge >= 0.3 is 0 Å². The molecule has 138 valence electrons. The first-order valence-electron chi connectivity index (χ1n) is 9.19. The van der Waals surface area contributed by atoms with Crippen molar-refractivity contribution in [1.29, 1.82) is 0 Å². The number of piperidine rings is 1. The van der Waals surface area contributed by atoms with Crippen molar-refractivity contribution >= 4 is 22.8 Å². The molecular formula is C20H25N3O3. The van der Waals surface area contributed by atoms with Gasteiger partial charge in [0.05, 0.1) is 42.0 Å². The van der Waals surface area contributed by atoms with Crippen molar-refractivity contribution < 1.29 is 14.7 Å². The molecule has 2 fully saturated rings. The van der Waals surface area contributed by atoms with Crippen molar-refractivity contribution in [3.05, 3.63) is 30.6 Å². The zero-order valence-electron chi connectivity index (χ0n) is 15.5. The molecule has 1 aliphatic heterocycles. The molecule has 1 aromatic heterocycles. The lowest BCUT2D eigenvalue weighted by atomic mass is 9.62. The number of rotatable bonds is 4. The smallest absolute Gasteiger partial charge is 0.235 e. The van der Waals surface area contributed by atoms with Crippen LogP contribution in [0.25, 0.3) is 11.0 Å². The van der Waals surface area contributed by atoms with E-state index in [9.17, 15) is 14.7 Å².